The smallest absolute Gasteiger partial charge is 0.410 e. The van der Waals surface area contributed by atoms with Gasteiger partial charge >= 0.3 is 6.09 Å². The molecule has 17 heavy (non-hydrogen) atoms. The molecule has 0 bridgehead atoms. The van der Waals surface area contributed by atoms with Crippen LogP contribution in [0.1, 0.15) is 18.9 Å². The van der Waals surface area contributed by atoms with E-state index in [0.29, 0.717) is 19.7 Å². The first kappa shape index (κ1) is 11.7. The second kappa shape index (κ2) is 5.52. The Kier molecular flexibility index (Phi) is 3.80. The van der Waals surface area contributed by atoms with E-state index in [1.807, 2.05) is 12.1 Å². The molecule has 0 aliphatic carbocycles. The number of nitrogens with one attached hydrogen (secondary N) is 1. The minimum absolute atomic E-state index is 0.232. The van der Waals surface area contributed by atoms with Gasteiger partial charge in [-0.25, -0.2) is 9.78 Å². The van der Waals surface area contributed by atoms with Crippen LogP contribution in [0.4, 0.5) is 10.6 Å². The minimum Gasteiger partial charge on any atom is -0.448 e. The third-order valence-electron chi connectivity index (χ3n) is 2.60. The summed E-state index contributed by atoms with van der Waals surface area (Å²) in [5.41, 5.74) is 1.07. The van der Waals surface area contributed by atoms with E-state index in [-0.39, 0.29) is 6.09 Å². The number of ether oxygens (including phenoxy) is 1. The summed E-state index contributed by atoms with van der Waals surface area (Å²) in [5.74, 6) is 0.858. The Labute approximate surface area is 101 Å². The topological polar surface area (TPSA) is 54.5 Å². The largest absolute Gasteiger partial charge is 0.448 e. The molecule has 2 rings (SSSR count). The maximum absolute atomic E-state index is 11.3. The fraction of sp³-hybridized carbons (Fsp3) is 0.500. The first-order valence-electron chi connectivity index (χ1n) is 5.90. The van der Waals surface area contributed by atoms with E-state index in [0.717, 1.165) is 24.3 Å². The fourth-order valence-corrected chi connectivity index (χ4v) is 1.71. The van der Waals surface area contributed by atoms with Gasteiger partial charge in [-0.2, -0.15) is 0 Å². The second-order valence-electron chi connectivity index (χ2n) is 4.01. The van der Waals surface area contributed by atoms with Crippen molar-refractivity contribution in [3.05, 3.63) is 23.9 Å². The molecule has 1 aromatic heterocycles. The van der Waals surface area contributed by atoms with Crippen LogP contribution in [0.25, 0.3) is 0 Å². The first-order chi connectivity index (χ1) is 8.29. The number of amides is 1. The summed E-state index contributed by atoms with van der Waals surface area (Å²) in [7, 11) is 0. The molecule has 1 N–H and O–H groups in total. The lowest BCUT2D eigenvalue weighted by atomic mass is 10.2. The number of hydrogen-bond donors (Lipinski definition) is 1. The number of cyclic esters (lactones) is 1. The number of hydrogen-bond acceptors (Lipinski definition) is 4. The SMILES string of the molecule is CCCNc1cc(CN2CCOC2=O)ccn1. The van der Waals surface area contributed by atoms with E-state index in [1.165, 1.54) is 0 Å². The number of pyridine rings is 1. The Hall–Kier alpha value is -1.78. The summed E-state index contributed by atoms with van der Waals surface area (Å²) >= 11 is 0. The number of rotatable bonds is 5. The third-order valence-corrected chi connectivity index (χ3v) is 2.60. The van der Waals surface area contributed by atoms with Crippen LogP contribution in [-0.4, -0.2) is 35.7 Å². The van der Waals surface area contributed by atoms with E-state index in [4.69, 9.17) is 4.74 Å². The highest BCUT2D eigenvalue weighted by Gasteiger charge is 2.21. The van der Waals surface area contributed by atoms with Gasteiger partial charge in [0.2, 0.25) is 0 Å². The highest BCUT2D eigenvalue weighted by molar-refractivity contribution is 5.69. The minimum atomic E-state index is -0.232. The molecule has 1 amide bonds. The van der Waals surface area contributed by atoms with Crippen molar-refractivity contribution in [3.8, 4) is 0 Å². The lowest BCUT2D eigenvalue weighted by Crippen LogP contribution is -2.23. The van der Waals surface area contributed by atoms with Crippen molar-refractivity contribution in [2.75, 3.05) is 25.0 Å². The molecule has 92 valence electrons. The molecule has 0 unspecified atom stereocenters. The molecule has 5 heteroatoms. The first-order valence-corrected chi connectivity index (χ1v) is 5.90. The average molecular weight is 235 g/mol. The molecule has 1 aliphatic heterocycles. The van der Waals surface area contributed by atoms with Gasteiger partial charge < -0.3 is 15.0 Å². The number of carbonyl (C=O) groups excluding carboxylic acids is 1. The molecular formula is C12H17N3O2. The molecule has 0 saturated carbocycles. The fourth-order valence-electron chi connectivity index (χ4n) is 1.71. The van der Waals surface area contributed by atoms with Crippen LogP contribution in [0.5, 0.6) is 0 Å². The molecule has 1 saturated heterocycles. The number of anilines is 1. The van der Waals surface area contributed by atoms with Crippen LogP contribution in [0.2, 0.25) is 0 Å². The van der Waals surface area contributed by atoms with Crippen molar-refractivity contribution in [3.63, 3.8) is 0 Å². The Morgan fingerprint density at radius 1 is 1.59 bits per heavy atom. The van der Waals surface area contributed by atoms with Crippen LogP contribution in [-0.2, 0) is 11.3 Å². The molecule has 0 radical (unpaired) electrons. The second-order valence-corrected chi connectivity index (χ2v) is 4.01. The molecule has 1 fully saturated rings. The van der Waals surface area contributed by atoms with Crippen LogP contribution in [0.3, 0.4) is 0 Å². The quantitative estimate of drug-likeness (QED) is 0.846. The van der Waals surface area contributed by atoms with Gasteiger partial charge in [-0.3, -0.25) is 0 Å². The maximum Gasteiger partial charge on any atom is 0.410 e. The summed E-state index contributed by atoms with van der Waals surface area (Å²) in [4.78, 5) is 17.2. The van der Waals surface area contributed by atoms with Crippen molar-refractivity contribution in [1.82, 2.24) is 9.88 Å². The maximum atomic E-state index is 11.3. The highest BCUT2D eigenvalue weighted by atomic mass is 16.6. The standard InChI is InChI=1S/C12H17N3O2/c1-2-4-13-11-8-10(3-5-14-11)9-15-6-7-17-12(15)16/h3,5,8H,2,4,6-7,9H2,1H3,(H,13,14). The lowest BCUT2D eigenvalue weighted by Gasteiger charge is -2.13. The Morgan fingerprint density at radius 2 is 2.47 bits per heavy atom. The monoisotopic (exact) mass is 235 g/mol. The van der Waals surface area contributed by atoms with Crippen LogP contribution < -0.4 is 5.32 Å². The molecule has 1 aliphatic rings. The number of carbonyl (C=O) groups is 1. The summed E-state index contributed by atoms with van der Waals surface area (Å²) in [6.45, 7) is 4.76. The van der Waals surface area contributed by atoms with E-state index in [1.54, 1.807) is 11.1 Å². The number of aromatic nitrogens is 1. The zero-order valence-electron chi connectivity index (χ0n) is 9.98. The predicted octanol–water partition coefficient (Wildman–Crippen LogP) is 1.86. The molecule has 0 atom stereocenters. The van der Waals surface area contributed by atoms with Crippen LogP contribution in [0, 0.1) is 0 Å². The summed E-state index contributed by atoms with van der Waals surface area (Å²) in [5, 5.41) is 3.23. The van der Waals surface area contributed by atoms with Crippen molar-refractivity contribution >= 4 is 11.9 Å². The van der Waals surface area contributed by atoms with Gasteiger partial charge in [0.15, 0.2) is 0 Å². The van der Waals surface area contributed by atoms with Gasteiger partial charge in [0.25, 0.3) is 0 Å². The third kappa shape index (κ3) is 3.09. The summed E-state index contributed by atoms with van der Waals surface area (Å²) < 4.78 is 4.89. The Bertz CT molecular complexity index is 395. The van der Waals surface area contributed by atoms with Gasteiger partial charge in [-0.05, 0) is 24.1 Å². The molecule has 2 heterocycles. The molecule has 1 aromatic rings. The Morgan fingerprint density at radius 3 is 3.18 bits per heavy atom. The van der Waals surface area contributed by atoms with E-state index < -0.39 is 0 Å². The molecular weight excluding hydrogens is 218 g/mol. The lowest BCUT2D eigenvalue weighted by molar-refractivity contribution is 0.157. The van der Waals surface area contributed by atoms with Gasteiger partial charge in [0.1, 0.15) is 12.4 Å². The van der Waals surface area contributed by atoms with Crippen molar-refractivity contribution < 1.29 is 9.53 Å². The van der Waals surface area contributed by atoms with Crippen molar-refractivity contribution in [2.45, 2.75) is 19.9 Å². The normalized spacial score (nSPS) is 14.9. The van der Waals surface area contributed by atoms with Crippen molar-refractivity contribution in [2.24, 2.45) is 0 Å². The predicted molar refractivity (Wildman–Crippen MR) is 64.8 cm³/mol. The van der Waals surface area contributed by atoms with E-state index in [9.17, 15) is 4.79 Å². The van der Waals surface area contributed by atoms with Gasteiger partial charge in [0.05, 0.1) is 6.54 Å². The summed E-state index contributed by atoms with van der Waals surface area (Å²) in [6.07, 6.45) is 2.59. The highest BCUT2D eigenvalue weighted by Crippen LogP contribution is 2.12. The Balaban J connectivity index is 1.98. The average Bonchev–Trinajstić information content (AvgIpc) is 2.73. The zero-order valence-corrected chi connectivity index (χ0v) is 9.98. The van der Waals surface area contributed by atoms with Crippen LogP contribution >= 0.6 is 0 Å². The van der Waals surface area contributed by atoms with E-state index in [2.05, 4.69) is 17.2 Å². The molecule has 0 aromatic carbocycles. The van der Waals surface area contributed by atoms with Crippen LogP contribution in [0.15, 0.2) is 18.3 Å². The molecule has 5 nitrogen and oxygen atoms in total. The summed E-state index contributed by atoms with van der Waals surface area (Å²) in [6, 6.07) is 3.89. The number of nitrogens with zero attached hydrogens (tertiary/aromatic N) is 2. The van der Waals surface area contributed by atoms with E-state index >= 15 is 0 Å². The van der Waals surface area contributed by atoms with Gasteiger partial charge in [-0.15, -0.1) is 0 Å². The van der Waals surface area contributed by atoms with Gasteiger partial charge in [-0.1, -0.05) is 6.92 Å². The van der Waals surface area contributed by atoms with Crippen molar-refractivity contribution in [1.29, 1.82) is 0 Å². The zero-order chi connectivity index (χ0) is 12.1. The van der Waals surface area contributed by atoms with Gasteiger partial charge in [0, 0.05) is 19.3 Å². The molecule has 0 spiro atoms.